The van der Waals surface area contributed by atoms with Gasteiger partial charge in [0.2, 0.25) is 0 Å². The lowest BCUT2D eigenvalue weighted by Gasteiger charge is -2.13. The molecule has 0 spiro atoms. The fourth-order valence-electron chi connectivity index (χ4n) is 2.55. The minimum atomic E-state index is -0.217. The second kappa shape index (κ2) is 7.21. The van der Waals surface area contributed by atoms with Crippen molar-refractivity contribution in [3.8, 4) is 0 Å². The molecule has 2 heterocycles. The molecular weight excluding hydrogens is 306 g/mol. The average Bonchev–Trinajstić information content (AvgIpc) is 3.20. The van der Waals surface area contributed by atoms with Gasteiger partial charge < -0.3 is 19.6 Å². The van der Waals surface area contributed by atoms with Gasteiger partial charge in [-0.3, -0.25) is 0 Å². The van der Waals surface area contributed by atoms with Gasteiger partial charge in [0.05, 0.1) is 12.8 Å². The lowest BCUT2D eigenvalue weighted by atomic mass is 10.1. The van der Waals surface area contributed by atoms with Gasteiger partial charge in [-0.15, -0.1) is 0 Å². The number of aromatic nitrogens is 1. The minimum absolute atomic E-state index is 0.0476. The summed E-state index contributed by atoms with van der Waals surface area (Å²) in [5.41, 5.74) is 2.58. The highest BCUT2D eigenvalue weighted by Gasteiger charge is 2.11. The molecule has 0 aliphatic carbocycles. The highest BCUT2D eigenvalue weighted by Crippen LogP contribution is 2.19. The lowest BCUT2D eigenvalue weighted by molar-refractivity contribution is 0.236. The Hall–Kier alpha value is -2.76. The molecule has 126 valence electrons. The third-order valence-electron chi connectivity index (χ3n) is 3.90. The van der Waals surface area contributed by atoms with Crippen LogP contribution in [0.3, 0.4) is 0 Å². The third-order valence-corrected chi connectivity index (χ3v) is 3.90. The number of aryl methyl sites for hydroxylation is 2. The van der Waals surface area contributed by atoms with Crippen LogP contribution in [0.1, 0.15) is 30.4 Å². The largest absolute Gasteiger partial charge is 0.469 e. The van der Waals surface area contributed by atoms with Gasteiger partial charge in [0.25, 0.3) is 0 Å². The summed E-state index contributed by atoms with van der Waals surface area (Å²) in [4.78, 5) is 12.0. The van der Waals surface area contributed by atoms with Crippen molar-refractivity contribution in [3.63, 3.8) is 0 Å². The van der Waals surface area contributed by atoms with Crippen LogP contribution in [0.25, 0.3) is 11.0 Å². The number of hydrogen-bond donors (Lipinski definition) is 2. The zero-order valence-corrected chi connectivity index (χ0v) is 13.8. The van der Waals surface area contributed by atoms with E-state index in [1.807, 2.05) is 44.2 Å². The molecule has 0 saturated carbocycles. The Morgan fingerprint density at radius 3 is 3.00 bits per heavy atom. The molecule has 2 N–H and O–H groups in total. The number of fused-ring (bicyclic) bond motifs is 1. The second-order valence-electron chi connectivity index (χ2n) is 5.97. The molecule has 24 heavy (non-hydrogen) atoms. The van der Waals surface area contributed by atoms with Gasteiger partial charge in [-0.25, -0.2) is 4.79 Å². The van der Waals surface area contributed by atoms with E-state index in [1.165, 1.54) is 0 Å². The number of rotatable bonds is 6. The zero-order valence-electron chi connectivity index (χ0n) is 13.8. The predicted molar refractivity (Wildman–Crippen MR) is 90.6 cm³/mol. The number of nitrogens with zero attached hydrogens (tertiary/aromatic N) is 1. The van der Waals surface area contributed by atoms with Gasteiger partial charge in [-0.2, -0.15) is 0 Å². The van der Waals surface area contributed by atoms with Crippen molar-refractivity contribution in [2.75, 3.05) is 0 Å². The number of carbonyl (C=O) groups excluding carboxylic acids is 1. The molecule has 0 aliphatic rings. The van der Waals surface area contributed by atoms with E-state index in [1.54, 1.807) is 6.26 Å². The van der Waals surface area contributed by atoms with Crippen LogP contribution in [0.15, 0.2) is 45.5 Å². The van der Waals surface area contributed by atoms with Crippen molar-refractivity contribution in [3.05, 3.63) is 53.6 Å². The van der Waals surface area contributed by atoms with Crippen LogP contribution in [0, 0.1) is 6.92 Å². The lowest BCUT2D eigenvalue weighted by Crippen LogP contribution is -2.40. The SMILES string of the molecule is Cc1ccc2onc(CNC(=O)N[C@H](C)CCc3ccco3)c2c1. The average molecular weight is 327 g/mol. The smallest absolute Gasteiger partial charge is 0.315 e. The Balaban J connectivity index is 1.48. The first-order valence-electron chi connectivity index (χ1n) is 8.03. The molecule has 2 aromatic heterocycles. The Bertz CT molecular complexity index is 808. The first kappa shape index (κ1) is 16.1. The molecule has 1 aromatic carbocycles. The van der Waals surface area contributed by atoms with Gasteiger partial charge in [0, 0.05) is 17.8 Å². The van der Waals surface area contributed by atoms with Gasteiger partial charge in [-0.1, -0.05) is 16.8 Å². The molecule has 0 aliphatic heterocycles. The van der Waals surface area contributed by atoms with Gasteiger partial charge in [-0.05, 0) is 44.5 Å². The van der Waals surface area contributed by atoms with Crippen molar-refractivity contribution in [2.24, 2.45) is 0 Å². The second-order valence-corrected chi connectivity index (χ2v) is 5.97. The maximum atomic E-state index is 12.0. The molecule has 3 aromatic rings. The third kappa shape index (κ3) is 3.95. The summed E-state index contributed by atoms with van der Waals surface area (Å²) in [5.74, 6) is 0.925. The number of urea groups is 1. The van der Waals surface area contributed by atoms with Crippen molar-refractivity contribution in [2.45, 2.75) is 39.3 Å². The minimum Gasteiger partial charge on any atom is -0.469 e. The molecule has 0 unspecified atom stereocenters. The molecule has 2 amide bonds. The van der Waals surface area contributed by atoms with Gasteiger partial charge in [0.1, 0.15) is 11.5 Å². The Labute approximate surface area is 140 Å². The monoisotopic (exact) mass is 327 g/mol. The summed E-state index contributed by atoms with van der Waals surface area (Å²) >= 11 is 0. The molecule has 0 bridgehead atoms. The van der Waals surface area contributed by atoms with Crippen LogP contribution >= 0.6 is 0 Å². The van der Waals surface area contributed by atoms with Crippen LogP contribution in [0.4, 0.5) is 4.79 Å². The molecule has 0 fully saturated rings. The summed E-state index contributed by atoms with van der Waals surface area (Å²) in [6, 6.07) is 9.49. The molecule has 0 saturated heterocycles. The molecule has 6 nitrogen and oxygen atoms in total. The summed E-state index contributed by atoms with van der Waals surface area (Å²) in [6.07, 6.45) is 3.26. The number of furan rings is 1. The highest BCUT2D eigenvalue weighted by atomic mass is 16.5. The maximum Gasteiger partial charge on any atom is 0.315 e. The Morgan fingerprint density at radius 2 is 2.21 bits per heavy atom. The van der Waals surface area contributed by atoms with Gasteiger partial charge in [0.15, 0.2) is 5.58 Å². The molecular formula is C18H21N3O3. The number of benzene rings is 1. The number of hydrogen-bond acceptors (Lipinski definition) is 4. The quantitative estimate of drug-likeness (QED) is 0.725. The van der Waals surface area contributed by atoms with Crippen molar-refractivity contribution < 1.29 is 13.7 Å². The van der Waals surface area contributed by atoms with Crippen LogP contribution < -0.4 is 10.6 Å². The van der Waals surface area contributed by atoms with E-state index >= 15 is 0 Å². The van der Waals surface area contributed by atoms with E-state index in [2.05, 4.69) is 15.8 Å². The molecule has 0 radical (unpaired) electrons. The Kier molecular flexibility index (Phi) is 4.84. The normalized spacial score (nSPS) is 12.2. The van der Waals surface area contributed by atoms with Crippen molar-refractivity contribution in [1.82, 2.24) is 15.8 Å². The van der Waals surface area contributed by atoms with Crippen LogP contribution in [-0.2, 0) is 13.0 Å². The van der Waals surface area contributed by atoms with Crippen LogP contribution in [0.5, 0.6) is 0 Å². The van der Waals surface area contributed by atoms with Gasteiger partial charge >= 0.3 is 6.03 Å². The van der Waals surface area contributed by atoms with E-state index < -0.39 is 0 Å². The first-order valence-corrected chi connectivity index (χ1v) is 8.03. The first-order chi connectivity index (χ1) is 11.6. The fourth-order valence-corrected chi connectivity index (χ4v) is 2.55. The van der Waals surface area contributed by atoms with Crippen LogP contribution in [0.2, 0.25) is 0 Å². The van der Waals surface area contributed by atoms with Crippen LogP contribution in [-0.4, -0.2) is 17.2 Å². The zero-order chi connectivity index (χ0) is 16.9. The standard InChI is InChI=1S/C18H21N3O3/c1-12-5-8-17-15(10-12)16(21-24-17)11-19-18(22)20-13(2)6-7-14-4-3-9-23-14/h3-5,8-10,13H,6-7,11H2,1-2H3,(H2,19,20,22)/t13-/m1/s1. The predicted octanol–water partition coefficient (Wildman–Crippen LogP) is 3.55. The topological polar surface area (TPSA) is 80.3 Å². The maximum absolute atomic E-state index is 12.0. The fraction of sp³-hybridized carbons (Fsp3) is 0.333. The summed E-state index contributed by atoms with van der Waals surface area (Å²) in [6.45, 7) is 4.31. The molecule has 1 atom stereocenters. The molecule has 3 rings (SSSR count). The summed E-state index contributed by atoms with van der Waals surface area (Å²) in [5, 5.41) is 10.7. The highest BCUT2D eigenvalue weighted by molar-refractivity contribution is 5.81. The van der Waals surface area contributed by atoms with E-state index in [4.69, 9.17) is 8.94 Å². The van der Waals surface area contributed by atoms with E-state index in [9.17, 15) is 4.79 Å². The summed E-state index contributed by atoms with van der Waals surface area (Å²) < 4.78 is 10.6. The van der Waals surface area contributed by atoms with E-state index in [-0.39, 0.29) is 12.1 Å². The van der Waals surface area contributed by atoms with E-state index in [0.29, 0.717) is 6.54 Å². The summed E-state index contributed by atoms with van der Waals surface area (Å²) in [7, 11) is 0. The molecule has 6 heteroatoms. The van der Waals surface area contributed by atoms with Crippen molar-refractivity contribution >= 4 is 17.0 Å². The number of nitrogens with one attached hydrogen (secondary N) is 2. The van der Waals surface area contributed by atoms with E-state index in [0.717, 1.165) is 40.8 Å². The number of carbonyl (C=O) groups is 1. The number of amides is 2. The Morgan fingerprint density at radius 1 is 1.33 bits per heavy atom. The van der Waals surface area contributed by atoms with Crippen molar-refractivity contribution in [1.29, 1.82) is 0 Å².